The van der Waals surface area contributed by atoms with Crippen molar-refractivity contribution in [2.45, 2.75) is 19.6 Å². The van der Waals surface area contributed by atoms with E-state index in [1.807, 2.05) is 35.4 Å². The largest absolute Gasteiger partial charge is 0.387 e. The Kier molecular flexibility index (Phi) is 3.88. The van der Waals surface area contributed by atoms with Crippen LogP contribution >= 0.6 is 11.3 Å². The Labute approximate surface area is 104 Å². The average Bonchev–Trinajstić information content (AvgIpc) is 2.93. The normalized spacial score (nSPS) is 12.9. The van der Waals surface area contributed by atoms with Gasteiger partial charge in [0.15, 0.2) is 0 Å². The first-order chi connectivity index (χ1) is 8.18. The van der Waals surface area contributed by atoms with Gasteiger partial charge in [-0.25, -0.2) is 0 Å². The molecule has 5 nitrogen and oxygen atoms in total. The van der Waals surface area contributed by atoms with Gasteiger partial charge >= 0.3 is 0 Å². The van der Waals surface area contributed by atoms with Crippen LogP contribution in [0.15, 0.2) is 16.8 Å². The molecule has 0 spiro atoms. The van der Waals surface area contributed by atoms with Crippen molar-refractivity contribution in [1.82, 2.24) is 20.1 Å². The molecular formula is C11H16N4OS. The van der Waals surface area contributed by atoms with Crippen molar-refractivity contribution in [3.05, 3.63) is 34.0 Å². The summed E-state index contributed by atoms with van der Waals surface area (Å²) in [7, 11) is 1.93. The van der Waals surface area contributed by atoms with Gasteiger partial charge in [-0.1, -0.05) is 0 Å². The number of nitrogens with zero attached hydrogens (tertiary/aromatic N) is 3. The number of aliphatic hydroxyl groups is 1. The predicted molar refractivity (Wildman–Crippen MR) is 66.7 cm³/mol. The summed E-state index contributed by atoms with van der Waals surface area (Å²) >= 11 is 1.59. The maximum atomic E-state index is 9.86. The van der Waals surface area contributed by atoms with Crippen molar-refractivity contribution >= 4 is 11.3 Å². The van der Waals surface area contributed by atoms with Gasteiger partial charge in [0.2, 0.25) is 0 Å². The summed E-state index contributed by atoms with van der Waals surface area (Å²) in [6, 6.07) is 1.93. The third-order valence-electron chi connectivity index (χ3n) is 2.73. The Morgan fingerprint density at radius 2 is 2.35 bits per heavy atom. The zero-order valence-corrected chi connectivity index (χ0v) is 10.7. The van der Waals surface area contributed by atoms with Gasteiger partial charge in [-0.15, -0.1) is 10.2 Å². The van der Waals surface area contributed by atoms with Gasteiger partial charge in [0.25, 0.3) is 0 Å². The number of rotatable bonds is 5. The molecule has 92 valence electrons. The molecule has 1 unspecified atom stereocenters. The molecular weight excluding hydrogens is 236 g/mol. The lowest BCUT2D eigenvalue weighted by molar-refractivity contribution is 0.174. The van der Waals surface area contributed by atoms with E-state index in [9.17, 15) is 5.11 Å². The van der Waals surface area contributed by atoms with E-state index < -0.39 is 6.10 Å². The lowest BCUT2D eigenvalue weighted by Gasteiger charge is -2.10. The first kappa shape index (κ1) is 12.2. The van der Waals surface area contributed by atoms with E-state index in [4.69, 9.17) is 0 Å². The molecule has 0 aliphatic rings. The van der Waals surface area contributed by atoms with Crippen LogP contribution in [0.3, 0.4) is 0 Å². The number of thiophene rings is 1. The van der Waals surface area contributed by atoms with Gasteiger partial charge in [0.05, 0.1) is 12.6 Å². The summed E-state index contributed by atoms with van der Waals surface area (Å²) in [5.74, 6) is 1.76. The number of hydrogen-bond acceptors (Lipinski definition) is 5. The second-order valence-corrected chi connectivity index (χ2v) is 4.71. The quantitative estimate of drug-likeness (QED) is 0.833. The number of aromatic nitrogens is 3. The molecule has 0 saturated carbocycles. The monoisotopic (exact) mass is 252 g/mol. The molecule has 6 heteroatoms. The van der Waals surface area contributed by atoms with Gasteiger partial charge < -0.3 is 15.0 Å². The van der Waals surface area contributed by atoms with Crippen LogP contribution in [0.4, 0.5) is 0 Å². The van der Waals surface area contributed by atoms with Gasteiger partial charge in [0, 0.05) is 13.6 Å². The molecule has 0 radical (unpaired) electrons. The molecule has 2 rings (SSSR count). The summed E-state index contributed by atoms with van der Waals surface area (Å²) < 4.78 is 1.93. The Balaban J connectivity index is 1.82. The number of nitrogens with one attached hydrogen (secondary N) is 1. The minimum atomic E-state index is -0.462. The standard InChI is InChI=1S/C11H16N4OS/c1-8-13-14-11(15(8)2)6-12-5-10(16)9-3-4-17-7-9/h3-4,7,10,12,16H,5-6H2,1-2H3. The van der Waals surface area contributed by atoms with Crippen molar-refractivity contribution in [2.75, 3.05) is 6.54 Å². The molecule has 0 bridgehead atoms. The molecule has 0 aliphatic heterocycles. The number of hydrogen-bond donors (Lipinski definition) is 2. The summed E-state index contributed by atoms with van der Waals surface area (Å²) in [6.45, 7) is 3.04. The zero-order chi connectivity index (χ0) is 12.3. The highest BCUT2D eigenvalue weighted by molar-refractivity contribution is 7.07. The third-order valence-corrected chi connectivity index (χ3v) is 3.43. The second-order valence-electron chi connectivity index (χ2n) is 3.93. The zero-order valence-electron chi connectivity index (χ0n) is 9.92. The van der Waals surface area contributed by atoms with Crippen LogP contribution in [0.1, 0.15) is 23.3 Å². The SMILES string of the molecule is Cc1nnc(CNCC(O)c2ccsc2)n1C. The van der Waals surface area contributed by atoms with Crippen molar-refractivity contribution in [3.63, 3.8) is 0 Å². The fourth-order valence-corrected chi connectivity index (χ4v) is 2.22. The van der Waals surface area contributed by atoms with E-state index in [0.29, 0.717) is 13.1 Å². The fraction of sp³-hybridized carbons (Fsp3) is 0.455. The average molecular weight is 252 g/mol. The van der Waals surface area contributed by atoms with Gasteiger partial charge in [-0.2, -0.15) is 11.3 Å². The van der Waals surface area contributed by atoms with Crippen molar-refractivity contribution < 1.29 is 5.11 Å². The van der Waals surface area contributed by atoms with Crippen molar-refractivity contribution in [2.24, 2.45) is 7.05 Å². The van der Waals surface area contributed by atoms with Gasteiger partial charge in [-0.05, 0) is 29.3 Å². The van der Waals surface area contributed by atoms with Crippen LogP contribution in [0.5, 0.6) is 0 Å². The lowest BCUT2D eigenvalue weighted by atomic mass is 10.2. The van der Waals surface area contributed by atoms with E-state index in [2.05, 4.69) is 15.5 Å². The van der Waals surface area contributed by atoms with Gasteiger partial charge in [0.1, 0.15) is 11.6 Å². The molecule has 2 N–H and O–H groups in total. The summed E-state index contributed by atoms with van der Waals surface area (Å²) in [6.07, 6.45) is -0.462. The first-order valence-corrected chi connectivity index (χ1v) is 6.38. The van der Waals surface area contributed by atoms with E-state index in [0.717, 1.165) is 17.2 Å². The van der Waals surface area contributed by atoms with E-state index in [1.54, 1.807) is 11.3 Å². The molecule has 0 aliphatic carbocycles. The smallest absolute Gasteiger partial charge is 0.146 e. The highest BCUT2D eigenvalue weighted by Crippen LogP contribution is 2.15. The summed E-state index contributed by atoms with van der Waals surface area (Å²) in [5, 5.41) is 25.0. The Bertz CT molecular complexity index is 466. The Morgan fingerprint density at radius 1 is 1.53 bits per heavy atom. The molecule has 2 aromatic rings. The number of aliphatic hydroxyl groups excluding tert-OH is 1. The van der Waals surface area contributed by atoms with Crippen LogP contribution < -0.4 is 5.32 Å². The topological polar surface area (TPSA) is 63.0 Å². The molecule has 17 heavy (non-hydrogen) atoms. The fourth-order valence-electron chi connectivity index (χ4n) is 1.51. The van der Waals surface area contributed by atoms with Crippen LogP contribution in [-0.2, 0) is 13.6 Å². The van der Waals surface area contributed by atoms with Gasteiger partial charge in [-0.3, -0.25) is 0 Å². The third kappa shape index (κ3) is 2.91. The van der Waals surface area contributed by atoms with Crippen molar-refractivity contribution in [3.8, 4) is 0 Å². The Hall–Kier alpha value is -1.24. The molecule has 1 atom stereocenters. The first-order valence-electron chi connectivity index (χ1n) is 5.44. The van der Waals surface area contributed by atoms with E-state index in [-0.39, 0.29) is 0 Å². The molecule has 0 amide bonds. The Morgan fingerprint density at radius 3 is 2.94 bits per heavy atom. The van der Waals surface area contributed by atoms with Crippen molar-refractivity contribution in [1.29, 1.82) is 0 Å². The predicted octanol–water partition coefficient (Wildman–Crippen LogP) is 1.01. The molecule has 2 heterocycles. The minimum absolute atomic E-state index is 0.462. The maximum Gasteiger partial charge on any atom is 0.146 e. The highest BCUT2D eigenvalue weighted by Gasteiger charge is 2.09. The van der Waals surface area contributed by atoms with Crippen LogP contribution in [-0.4, -0.2) is 26.4 Å². The molecule has 0 aromatic carbocycles. The summed E-state index contributed by atoms with van der Waals surface area (Å²) in [4.78, 5) is 0. The van der Waals surface area contributed by atoms with Crippen LogP contribution in [0.25, 0.3) is 0 Å². The number of aryl methyl sites for hydroxylation is 1. The molecule has 0 fully saturated rings. The van der Waals surface area contributed by atoms with Crippen LogP contribution in [0, 0.1) is 6.92 Å². The summed E-state index contributed by atoms with van der Waals surface area (Å²) in [5.41, 5.74) is 0.955. The van der Waals surface area contributed by atoms with E-state index >= 15 is 0 Å². The molecule has 2 aromatic heterocycles. The lowest BCUT2D eigenvalue weighted by Crippen LogP contribution is -2.22. The minimum Gasteiger partial charge on any atom is -0.387 e. The highest BCUT2D eigenvalue weighted by atomic mass is 32.1. The van der Waals surface area contributed by atoms with E-state index in [1.165, 1.54) is 0 Å². The maximum absolute atomic E-state index is 9.86. The van der Waals surface area contributed by atoms with Crippen LogP contribution in [0.2, 0.25) is 0 Å². The molecule has 0 saturated heterocycles. The second kappa shape index (κ2) is 5.39.